The number of nitrogens with zero attached hydrogens (tertiary/aromatic N) is 1. The number of hydrogen-bond acceptors (Lipinski definition) is 3. The zero-order valence-corrected chi connectivity index (χ0v) is 20.9. The minimum atomic E-state index is -6.52. The largest absolute Gasteiger partial charge is 0.419 e. The summed E-state index contributed by atoms with van der Waals surface area (Å²) >= 11 is 0. The number of anilines is 5. The average molecular weight is 683 g/mol. The van der Waals surface area contributed by atoms with Gasteiger partial charge in [0.15, 0.2) is 0 Å². The van der Waals surface area contributed by atoms with Crippen molar-refractivity contribution >= 4 is 28.4 Å². The molecule has 0 aliphatic rings. The Morgan fingerprint density at radius 1 is 0.400 bits per heavy atom. The zero-order chi connectivity index (χ0) is 34.9. The van der Waals surface area contributed by atoms with E-state index < -0.39 is 116 Å². The van der Waals surface area contributed by atoms with Gasteiger partial charge in [0.05, 0.1) is 56.1 Å². The number of benzene rings is 3. The summed E-state index contributed by atoms with van der Waals surface area (Å²) in [6.07, 6.45) is -38.1. The van der Waals surface area contributed by atoms with Gasteiger partial charge in [-0.1, -0.05) is 18.2 Å². The molecule has 0 aliphatic heterocycles. The number of rotatable bonds is 3. The van der Waals surface area contributed by atoms with E-state index in [9.17, 15) is 79.0 Å². The molecule has 0 bridgehead atoms. The van der Waals surface area contributed by atoms with Gasteiger partial charge in [-0.15, -0.1) is 0 Å². The van der Waals surface area contributed by atoms with Gasteiger partial charge in [-0.25, -0.2) is 0 Å². The summed E-state index contributed by atoms with van der Waals surface area (Å²) in [7, 11) is 0. The highest BCUT2D eigenvalue weighted by Gasteiger charge is 2.54. The average Bonchev–Trinajstić information content (AvgIpc) is 2.81. The summed E-state index contributed by atoms with van der Waals surface area (Å²) in [5.41, 5.74) is -20.0. The summed E-state index contributed by atoms with van der Waals surface area (Å²) in [5, 5.41) is 0. The molecule has 21 heteroatoms. The van der Waals surface area contributed by atoms with Gasteiger partial charge in [-0.2, -0.15) is 79.0 Å². The van der Waals surface area contributed by atoms with E-state index in [4.69, 9.17) is 11.5 Å². The third-order valence-corrected chi connectivity index (χ3v) is 5.93. The maximum atomic E-state index is 14.3. The van der Waals surface area contributed by atoms with Gasteiger partial charge in [0.25, 0.3) is 0 Å². The van der Waals surface area contributed by atoms with Crippen LogP contribution < -0.4 is 16.4 Å². The third kappa shape index (κ3) is 6.75. The van der Waals surface area contributed by atoms with E-state index in [0.717, 1.165) is 6.07 Å². The normalized spacial score (nSPS) is 13.7. The third-order valence-electron chi connectivity index (χ3n) is 5.93. The number of para-hydroxylation sites is 1. The van der Waals surface area contributed by atoms with Gasteiger partial charge < -0.3 is 16.4 Å². The summed E-state index contributed by atoms with van der Waals surface area (Å²) in [6, 6.07) is 0.640. The first kappa shape index (κ1) is 35.3. The van der Waals surface area contributed by atoms with Crippen molar-refractivity contribution in [2.24, 2.45) is 0 Å². The lowest BCUT2D eigenvalue weighted by atomic mass is 9.93. The number of nitrogens with two attached hydrogens (primary N) is 2. The molecule has 4 N–H and O–H groups in total. The first-order valence-electron chi connectivity index (χ1n) is 11.2. The van der Waals surface area contributed by atoms with Crippen LogP contribution in [0.3, 0.4) is 0 Å². The van der Waals surface area contributed by atoms with Crippen LogP contribution in [0.1, 0.15) is 33.4 Å². The van der Waals surface area contributed by atoms with Crippen LogP contribution in [0, 0.1) is 0 Å². The molecule has 0 unspecified atom stereocenters. The molecule has 45 heavy (non-hydrogen) atoms. The van der Waals surface area contributed by atoms with Gasteiger partial charge in [-0.05, 0) is 24.3 Å². The first-order valence-corrected chi connectivity index (χ1v) is 11.2. The molecular formula is C24H11F18N3. The van der Waals surface area contributed by atoms with Crippen LogP contribution in [0.5, 0.6) is 0 Å². The molecule has 0 fully saturated rings. The Morgan fingerprint density at radius 3 is 0.933 bits per heavy atom. The zero-order valence-electron chi connectivity index (χ0n) is 20.9. The van der Waals surface area contributed by atoms with Crippen molar-refractivity contribution in [3.05, 3.63) is 75.8 Å². The molecule has 0 amide bonds. The lowest BCUT2D eigenvalue weighted by molar-refractivity contribution is -0.163. The van der Waals surface area contributed by atoms with E-state index in [0.29, 0.717) is 24.3 Å². The second-order valence-electron chi connectivity index (χ2n) is 8.88. The molecule has 0 saturated heterocycles. The predicted molar refractivity (Wildman–Crippen MR) is 120 cm³/mol. The van der Waals surface area contributed by atoms with Gasteiger partial charge >= 0.3 is 37.1 Å². The van der Waals surface area contributed by atoms with E-state index in [-0.39, 0.29) is 0 Å². The topological polar surface area (TPSA) is 55.3 Å². The predicted octanol–water partition coefficient (Wildman–Crippen LogP) is 10.4. The van der Waals surface area contributed by atoms with Crippen molar-refractivity contribution in [2.45, 2.75) is 37.1 Å². The van der Waals surface area contributed by atoms with Crippen molar-refractivity contribution in [1.82, 2.24) is 0 Å². The van der Waals surface area contributed by atoms with Gasteiger partial charge in [0.2, 0.25) is 0 Å². The monoisotopic (exact) mass is 683 g/mol. The van der Waals surface area contributed by atoms with Crippen molar-refractivity contribution in [2.75, 3.05) is 16.4 Å². The quantitative estimate of drug-likeness (QED) is 0.214. The first-order chi connectivity index (χ1) is 20.0. The Morgan fingerprint density at radius 2 is 0.689 bits per heavy atom. The second-order valence-corrected chi connectivity index (χ2v) is 8.88. The highest BCUT2D eigenvalue weighted by atomic mass is 19.4. The summed E-state index contributed by atoms with van der Waals surface area (Å²) in [4.78, 5) is -0.995. The van der Waals surface area contributed by atoms with Crippen LogP contribution in [0.2, 0.25) is 0 Å². The van der Waals surface area contributed by atoms with Crippen LogP contribution in [0.25, 0.3) is 0 Å². The molecule has 0 aliphatic carbocycles. The molecule has 3 nitrogen and oxygen atoms in total. The van der Waals surface area contributed by atoms with Gasteiger partial charge in [-0.3, -0.25) is 0 Å². The Labute approximate surface area is 237 Å². The maximum absolute atomic E-state index is 14.3. The molecule has 3 rings (SSSR count). The van der Waals surface area contributed by atoms with Gasteiger partial charge in [0.1, 0.15) is 0 Å². The fourth-order valence-corrected chi connectivity index (χ4v) is 4.27. The van der Waals surface area contributed by atoms with Crippen LogP contribution in [-0.4, -0.2) is 0 Å². The van der Waals surface area contributed by atoms with E-state index in [1.54, 1.807) is 0 Å². The minimum absolute atomic E-state index is 0.347. The van der Waals surface area contributed by atoms with E-state index in [2.05, 4.69) is 0 Å². The summed E-state index contributed by atoms with van der Waals surface area (Å²) < 4.78 is 252. The highest BCUT2D eigenvalue weighted by Crippen LogP contribution is 2.59. The lowest BCUT2D eigenvalue weighted by Crippen LogP contribution is -2.29. The van der Waals surface area contributed by atoms with Crippen molar-refractivity contribution < 1.29 is 79.0 Å². The summed E-state index contributed by atoms with van der Waals surface area (Å²) in [5.74, 6) is 0. The Kier molecular flexibility index (Phi) is 8.40. The molecule has 0 saturated carbocycles. The minimum Gasteiger partial charge on any atom is -0.397 e. The van der Waals surface area contributed by atoms with E-state index in [1.807, 2.05) is 0 Å². The fourth-order valence-electron chi connectivity index (χ4n) is 4.27. The Hall–Kier alpha value is -4.20. The number of halogens is 18. The molecule has 0 radical (unpaired) electrons. The lowest BCUT2D eigenvalue weighted by Gasteiger charge is -2.35. The van der Waals surface area contributed by atoms with Crippen LogP contribution in [0.4, 0.5) is 107 Å². The number of hydrogen-bond donors (Lipinski definition) is 2. The molecule has 248 valence electrons. The molecular weight excluding hydrogens is 672 g/mol. The Balaban J connectivity index is 2.90. The standard InChI is InChI=1S/C24H11F18N3/c25-19(26,27)9-6-11(21(31,32)33)15(43)17(13(9)23(37,38)39)45(8-4-2-1-3-5-8)18-14(24(40,41)42)10(20(28,29)30)7-12(16(18)44)22(34,35)36/h1-7H,43-44H2. The Bertz CT molecular complexity index is 1470. The SMILES string of the molecule is Nc1c(C(F)(F)F)cc(C(F)(F)F)c(C(F)(F)F)c1N(c1ccccc1)c1c(N)c(C(F)(F)F)cc(C(F)(F)F)c1C(F)(F)F. The molecule has 0 atom stereocenters. The van der Waals surface area contributed by atoms with E-state index >= 15 is 0 Å². The summed E-state index contributed by atoms with van der Waals surface area (Å²) in [6.45, 7) is 0. The molecule has 0 heterocycles. The number of alkyl halides is 18. The smallest absolute Gasteiger partial charge is 0.397 e. The van der Waals surface area contributed by atoms with Crippen LogP contribution in [-0.2, 0) is 37.1 Å². The van der Waals surface area contributed by atoms with Crippen molar-refractivity contribution in [3.8, 4) is 0 Å². The highest BCUT2D eigenvalue weighted by molar-refractivity contribution is 5.95. The molecule has 3 aromatic rings. The molecule has 0 spiro atoms. The van der Waals surface area contributed by atoms with Crippen LogP contribution in [0.15, 0.2) is 42.5 Å². The van der Waals surface area contributed by atoms with Crippen molar-refractivity contribution in [3.63, 3.8) is 0 Å². The molecule has 0 aromatic heterocycles. The van der Waals surface area contributed by atoms with Gasteiger partial charge in [0, 0.05) is 5.69 Å². The van der Waals surface area contributed by atoms with E-state index in [1.165, 1.54) is 0 Å². The second kappa shape index (κ2) is 10.7. The van der Waals surface area contributed by atoms with Crippen molar-refractivity contribution in [1.29, 1.82) is 0 Å². The molecule has 3 aromatic carbocycles. The fraction of sp³-hybridized carbons (Fsp3) is 0.250. The number of nitrogen functional groups attached to an aromatic ring is 2. The van der Waals surface area contributed by atoms with Crippen LogP contribution >= 0.6 is 0 Å². The maximum Gasteiger partial charge on any atom is 0.419 e.